The van der Waals surface area contributed by atoms with E-state index in [-0.39, 0.29) is 11.9 Å². The SMILES string of the molecule is Cc1ccccc1NC(C)C(=O)NN=Cc1ccccn1. The highest BCUT2D eigenvalue weighted by Gasteiger charge is 2.12. The molecule has 0 aliphatic rings. The molecule has 5 heteroatoms. The van der Waals surface area contributed by atoms with Crippen molar-refractivity contribution in [3.63, 3.8) is 0 Å². The summed E-state index contributed by atoms with van der Waals surface area (Å²) in [5, 5.41) is 7.06. The number of para-hydroxylation sites is 1. The third kappa shape index (κ3) is 4.42. The van der Waals surface area contributed by atoms with Gasteiger partial charge in [-0.05, 0) is 37.6 Å². The fourth-order valence-electron chi connectivity index (χ4n) is 1.74. The van der Waals surface area contributed by atoms with E-state index < -0.39 is 0 Å². The Balaban J connectivity index is 1.88. The van der Waals surface area contributed by atoms with Crippen molar-refractivity contribution in [2.45, 2.75) is 19.9 Å². The lowest BCUT2D eigenvalue weighted by Gasteiger charge is -2.15. The van der Waals surface area contributed by atoms with Crippen molar-refractivity contribution in [2.24, 2.45) is 5.10 Å². The summed E-state index contributed by atoms with van der Waals surface area (Å²) in [7, 11) is 0. The summed E-state index contributed by atoms with van der Waals surface area (Å²) >= 11 is 0. The summed E-state index contributed by atoms with van der Waals surface area (Å²) in [4.78, 5) is 16.0. The van der Waals surface area contributed by atoms with Gasteiger partial charge in [-0.3, -0.25) is 9.78 Å². The smallest absolute Gasteiger partial charge is 0.262 e. The van der Waals surface area contributed by atoms with Crippen molar-refractivity contribution < 1.29 is 4.79 Å². The average Bonchev–Trinajstić information content (AvgIpc) is 2.50. The number of pyridine rings is 1. The lowest BCUT2D eigenvalue weighted by Crippen LogP contribution is -2.35. The Morgan fingerprint density at radius 2 is 2.00 bits per heavy atom. The molecule has 108 valence electrons. The number of benzene rings is 1. The highest BCUT2D eigenvalue weighted by molar-refractivity contribution is 5.86. The van der Waals surface area contributed by atoms with Crippen LogP contribution in [-0.4, -0.2) is 23.1 Å². The first kappa shape index (κ1) is 14.7. The predicted molar refractivity (Wildman–Crippen MR) is 84.2 cm³/mol. The monoisotopic (exact) mass is 282 g/mol. The van der Waals surface area contributed by atoms with Crippen molar-refractivity contribution in [3.05, 3.63) is 59.9 Å². The van der Waals surface area contributed by atoms with Crippen molar-refractivity contribution in [3.8, 4) is 0 Å². The zero-order valence-corrected chi connectivity index (χ0v) is 12.1. The number of carbonyl (C=O) groups is 1. The zero-order valence-electron chi connectivity index (χ0n) is 12.1. The molecule has 0 radical (unpaired) electrons. The number of nitrogens with zero attached hydrogens (tertiary/aromatic N) is 2. The second kappa shape index (κ2) is 7.19. The first-order chi connectivity index (χ1) is 10.2. The number of amides is 1. The molecule has 1 heterocycles. The van der Waals surface area contributed by atoms with E-state index in [1.165, 1.54) is 6.21 Å². The molecule has 0 saturated carbocycles. The van der Waals surface area contributed by atoms with Gasteiger partial charge in [0.15, 0.2) is 0 Å². The van der Waals surface area contributed by atoms with Crippen LogP contribution in [-0.2, 0) is 4.79 Å². The number of aryl methyl sites for hydroxylation is 1. The predicted octanol–water partition coefficient (Wildman–Crippen LogP) is 2.34. The van der Waals surface area contributed by atoms with Gasteiger partial charge >= 0.3 is 0 Å². The van der Waals surface area contributed by atoms with Crippen LogP contribution in [0, 0.1) is 6.92 Å². The Morgan fingerprint density at radius 1 is 1.24 bits per heavy atom. The minimum atomic E-state index is -0.382. The standard InChI is InChI=1S/C16H18N4O/c1-12-7-3-4-9-15(12)19-13(2)16(21)20-18-11-14-8-5-6-10-17-14/h3-11,13,19H,1-2H3,(H,20,21). The van der Waals surface area contributed by atoms with Crippen LogP contribution in [0.3, 0.4) is 0 Å². The second-order valence-corrected chi connectivity index (χ2v) is 4.67. The van der Waals surface area contributed by atoms with E-state index in [0.717, 1.165) is 11.3 Å². The molecule has 0 aliphatic carbocycles. The molecule has 5 nitrogen and oxygen atoms in total. The van der Waals surface area contributed by atoms with Crippen LogP contribution in [0.1, 0.15) is 18.2 Å². The van der Waals surface area contributed by atoms with Crippen LogP contribution in [0.5, 0.6) is 0 Å². The molecule has 1 aromatic heterocycles. The topological polar surface area (TPSA) is 66.4 Å². The van der Waals surface area contributed by atoms with Crippen LogP contribution in [0.15, 0.2) is 53.8 Å². The maximum Gasteiger partial charge on any atom is 0.262 e. The zero-order chi connectivity index (χ0) is 15.1. The van der Waals surface area contributed by atoms with Crippen LogP contribution >= 0.6 is 0 Å². The molecule has 2 rings (SSSR count). The number of aromatic nitrogens is 1. The first-order valence-corrected chi connectivity index (χ1v) is 6.73. The molecule has 0 spiro atoms. The minimum Gasteiger partial charge on any atom is -0.374 e. The largest absolute Gasteiger partial charge is 0.374 e. The highest BCUT2D eigenvalue weighted by atomic mass is 16.2. The van der Waals surface area contributed by atoms with Gasteiger partial charge < -0.3 is 5.32 Å². The van der Waals surface area contributed by atoms with Crippen molar-refractivity contribution in [1.82, 2.24) is 10.4 Å². The van der Waals surface area contributed by atoms with Crippen molar-refractivity contribution >= 4 is 17.8 Å². The third-order valence-electron chi connectivity index (χ3n) is 2.97. The average molecular weight is 282 g/mol. The van der Waals surface area contributed by atoms with Crippen molar-refractivity contribution in [2.75, 3.05) is 5.32 Å². The summed E-state index contributed by atoms with van der Waals surface area (Å²) < 4.78 is 0. The summed E-state index contributed by atoms with van der Waals surface area (Å²) in [5.74, 6) is -0.203. The van der Waals surface area contributed by atoms with Gasteiger partial charge in [-0.2, -0.15) is 5.10 Å². The van der Waals surface area contributed by atoms with Gasteiger partial charge in [-0.1, -0.05) is 24.3 Å². The number of hydrazone groups is 1. The number of nitrogens with one attached hydrogen (secondary N) is 2. The number of hydrogen-bond acceptors (Lipinski definition) is 4. The van der Waals surface area contributed by atoms with E-state index >= 15 is 0 Å². The van der Waals surface area contributed by atoms with Crippen LogP contribution in [0.4, 0.5) is 5.69 Å². The molecule has 2 N–H and O–H groups in total. The van der Waals surface area contributed by atoms with Gasteiger partial charge in [0.25, 0.3) is 5.91 Å². The van der Waals surface area contributed by atoms with E-state index in [1.54, 1.807) is 13.1 Å². The molecule has 1 amide bonds. The maximum absolute atomic E-state index is 11.9. The highest BCUT2D eigenvalue weighted by Crippen LogP contribution is 2.14. The molecule has 0 fully saturated rings. The van der Waals surface area contributed by atoms with Crippen molar-refractivity contribution in [1.29, 1.82) is 0 Å². The molecule has 0 aliphatic heterocycles. The molecular weight excluding hydrogens is 264 g/mol. The summed E-state index contributed by atoms with van der Waals surface area (Å²) in [6.45, 7) is 3.78. The Hall–Kier alpha value is -2.69. The van der Waals surface area contributed by atoms with E-state index in [9.17, 15) is 4.79 Å². The summed E-state index contributed by atoms with van der Waals surface area (Å²) in [6, 6.07) is 12.9. The van der Waals surface area contributed by atoms with Gasteiger partial charge in [-0.15, -0.1) is 0 Å². The normalized spacial score (nSPS) is 12.1. The van der Waals surface area contributed by atoms with E-state index in [4.69, 9.17) is 0 Å². The Bertz CT molecular complexity index is 625. The Labute approximate surface area is 124 Å². The Morgan fingerprint density at radius 3 is 2.71 bits per heavy atom. The Kier molecular flexibility index (Phi) is 5.04. The molecular formula is C16H18N4O. The van der Waals surface area contributed by atoms with Gasteiger partial charge in [0.05, 0.1) is 11.9 Å². The molecule has 0 bridgehead atoms. The van der Waals surface area contributed by atoms with Crippen LogP contribution in [0.2, 0.25) is 0 Å². The fourth-order valence-corrected chi connectivity index (χ4v) is 1.74. The fraction of sp³-hybridized carbons (Fsp3) is 0.188. The van der Waals surface area contributed by atoms with Gasteiger partial charge in [0.1, 0.15) is 6.04 Å². The lowest BCUT2D eigenvalue weighted by atomic mass is 10.2. The molecule has 1 aromatic carbocycles. The number of rotatable bonds is 5. The van der Waals surface area contributed by atoms with Crippen LogP contribution < -0.4 is 10.7 Å². The number of carbonyl (C=O) groups excluding carboxylic acids is 1. The number of hydrogen-bond donors (Lipinski definition) is 2. The molecule has 1 atom stereocenters. The van der Waals surface area contributed by atoms with Crippen LogP contribution in [0.25, 0.3) is 0 Å². The second-order valence-electron chi connectivity index (χ2n) is 4.67. The molecule has 21 heavy (non-hydrogen) atoms. The number of anilines is 1. The van der Waals surface area contributed by atoms with Gasteiger partial charge in [0, 0.05) is 11.9 Å². The molecule has 1 unspecified atom stereocenters. The molecule has 2 aromatic rings. The maximum atomic E-state index is 11.9. The quantitative estimate of drug-likeness (QED) is 0.653. The van der Waals surface area contributed by atoms with E-state index in [1.807, 2.05) is 49.4 Å². The summed E-state index contributed by atoms with van der Waals surface area (Å²) in [6.07, 6.45) is 3.18. The first-order valence-electron chi connectivity index (χ1n) is 6.73. The van der Waals surface area contributed by atoms with Gasteiger partial charge in [0.2, 0.25) is 0 Å². The summed E-state index contributed by atoms with van der Waals surface area (Å²) in [5.41, 5.74) is 5.22. The lowest BCUT2D eigenvalue weighted by molar-refractivity contribution is -0.121. The minimum absolute atomic E-state index is 0.203. The third-order valence-corrected chi connectivity index (χ3v) is 2.97. The van der Waals surface area contributed by atoms with E-state index in [0.29, 0.717) is 5.69 Å². The van der Waals surface area contributed by atoms with Gasteiger partial charge in [-0.25, -0.2) is 5.43 Å². The van der Waals surface area contributed by atoms with E-state index in [2.05, 4.69) is 20.8 Å². The molecule has 0 saturated heterocycles.